The van der Waals surface area contributed by atoms with Crippen LogP contribution in [0.4, 0.5) is 0 Å². The number of amidine groups is 1. The van der Waals surface area contributed by atoms with Gasteiger partial charge >= 0.3 is 0 Å². The van der Waals surface area contributed by atoms with Crippen molar-refractivity contribution in [2.45, 2.75) is 6.92 Å². The Kier molecular flexibility index (Phi) is 5.88. The van der Waals surface area contributed by atoms with Gasteiger partial charge in [0.05, 0.1) is 5.57 Å². The summed E-state index contributed by atoms with van der Waals surface area (Å²) in [5, 5.41) is 11.1. The highest BCUT2D eigenvalue weighted by Gasteiger charge is 2.47. The lowest BCUT2D eigenvalue weighted by molar-refractivity contribution is 1.44. The van der Waals surface area contributed by atoms with Crippen molar-refractivity contribution in [1.29, 1.82) is 5.41 Å². The molecule has 0 fully saturated rings. The molecule has 1 heterocycles. The van der Waals surface area contributed by atoms with Crippen LogP contribution in [-0.2, 0) is 0 Å². The molecule has 0 unspecified atom stereocenters. The summed E-state index contributed by atoms with van der Waals surface area (Å²) >= 11 is 6.36. The van der Waals surface area contributed by atoms with Gasteiger partial charge in [-0.2, -0.15) is 0 Å². The van der Waals surface area contributed by atoms with Crippen molar-refractivity contribution in [1.82, 2.24) is 0 Å². The predicted molar refractivity (Wildman–Crippen MR) is 131 cm³/mol. The van der Waals surface area contributed by atoms with Crippen molar-refractivity contribution in [3.63, 3.8) is 0 Å². The molecule has 4 rings (SSSR count). The monoisotopic (exact) mass is 428 g/mol. The number of hydrogen-bond donors (Lipinski definition) is 1. The summed E-state index contributed by atoms with van der Waals surface area (Å²) in [6.45, 7) is 1.90. The lowest BCUT2D eigenvalue weighted by Crippen LogP contribution is -2.30. The number of benzene rings is 3. The van der Waals surface area contributed by atoms with Crippen LogP contribution in [0.3, 0.4) is 0 Å². The molecule has 146 valence electrons. The smallest absolute Gasteiger partial charge is 0.232 e. The highest BCUT2D eigenvalue weighted by Crippen LogP contribution is 2.57. The molecule has 0 aliphatic carbocycles. The van der Waals surface area contributed by atoms with Crippen LogP contribution >= 0.6 is 19.0 Å². The lowest BCUT2D eigenvalue weighted by Gasteiger charge is -2.23. The third kappa shape index (κ3) is 3.72. The van der Waals surface area contributed by atoms with E-state index in [1.165, 1.54) is 0 Å². The third-order valence-electron chi connectivity index (χ3n) is 4.93. The topological polar surface area (TPSA) is 48.6 Å². The van der Waals surface area contributed by atoms with Crippen LogP contribution in [0.2, 0.25) is 0 Å². The van der Waals surface area contributed by atoms with Crippen molar-refractivity contribution < 1.29 is 0 Å². The fourth-order valence-electron chi connectivity index (χ4n) is 3.52. The van der Waals surface area contributed by atoms with Crippen LogP contribution in [0.15, 0.2) is 118 Å². The number of hydrogen-bond acceptors (Lipinski definition) is 2. The second kappa shape index (κ2) is 8.73. The van der Waals surface area contributed by atoms with Crippen molar-refractivity contribution >= 4 is 51.8 Å². The molecule has 30 heavy (non-hydrogen) atoms. The standard InChI is InChI=1S/C25H20ClN3P/c1-19-17-24(28-25(26)23(19)18-27)29-30(20-11-5-2-6-12-20,21-13-7-3-8-14-21)22-15-9-4-10-16-22/h2-17,27H,1H3/q+1. The molecule has 1 aliphatic rings. The molecule has 5 heteroatoms. The number of halogens is 1. The zero-order valence-electron chi connectivity index (χ0n) is 16.5. The summed E-state index contributed by atoms with van der Waals surface area (Å²) in [7, 11) is -2.40. The van der Waals surface area contributed by atoms with Gasteiger partial charge < -0.3 is 0 Å². The first-order valence-electron chi connectivity index (χ1n) is 9.54. The van der Waals surface area contributed by atoms with Crippen molar-refractivity contribution in [2.75, 3.05) is 0 Å². The second-order valence-electron chi connectivity index (χ2n) is 6.83. The fourth-order valence-corrected chi connectivity index (χ4v) is 7.27. The van der Waals surface area contributed by atoms with E-state index in [9.17, 15) is 0 Å². The average molecular weight is 429 g/mol. The van der Waals surface area contributed by atoms with Gasteiger partial charge in [-0.15, -0.1) is 0 Å². The van der Waals surface area contributed by atoms with E-state index in [1.807, 2.05) is 67.6 Å². The molecule has 0 spiro atoms. The molecular weight excluding hydrogens is 409 g/mol. The van der Waals surface area contributed by atoms with E-state index in [1.54, 1.807) is 0 Å². The van der Waals surface area contributed by atoms with E-state index < -0.39 is 7.41 Å². The van der Waals surface area contributed by atoms with Crippen LogP contribution in [0, 0.1) is 5.41 Å². The zero-order chi connectivity index (χ0) is 21.0. The Morgan fingerprint density at radius 3 is 1.60 bits per heavy atom. The van der Waals surface area contributed by atoms with Gasteiger partial charge in [0.25, 0.3) is 0 Å². The normalized spacial score (nSPS) is 15.4. The number of dihydropyridines is 1. The summed E-state index contributed by atoms with van der Waals surface area (Å²) in [6, 6.07) is 31.1. The molecule has 0 saturated carbocycles. The number of nitrogens with zero attached hydrogens (tertiary/aromatic N) is 2. The van der Waals surface area contributed by atoms with Gasteiger partial charge in [-0.25, -0.2) is 4.99 Å². The van der Waals surface area contributed by atoms with Crippen molar-refractivity contribution in [3.05, 3.63) is 108 Å². The third-order valence-corrected chi connectivity index (χ3v) is 8.84. The van der Waals surface area contributed by atoms with Gasteiger partial charge in [0.2, 0.25) is 7.41 Å². The van der Waals surface area contributed by atoms with Crippen molar-refractivity contribution in [3.8, 4) is 0 Å². The van der Waals surface area contributed by atoms with Gasteiger partial charge in [0.15, 0.2) is 5.84 Å². The van der Waals surface area contributed by atoms with Gasteiger partial charge in [-0.05, 0) is 60.8 Å². The molecule has 0 bridgehead atoms. The van der Waals surface area contributed by atoms with E-state index in [2.05, 4.69) is 47.3 Å². The second-order valence-corrected chi connectivity index (χ2v) is 10.2. The van der Waals surface area contributed by atoms with E-state index in [4.69, 9.17) is 21.8 Å². The Bertz CT molecular complexity index is 1070. The highest BCUT2D eigenvalue weighted by atomic mass is 35.5. The number of aliphatic imine (C=N–C) groups is 1. The number of nitrogens with one attached hydrogen (secondary N) is 1. The maximum Gasteiger partial charge on any atom is 0.232 e. The zero-order valence-corrected chi connectivity index (χ0v) is 18.1. The highest BCUT2D eigenvalue weighted by molar-refractivity contribution is 7.94. The first-order chi connectivity index (χ1) is 14.6. The minimum atomic E-state index is -2.40. The van der Waals surface area contributed by atoms with Crippen LogP contribution in [0.5, 0.6) is 0 Å². The van der Waals surface area contributed by atoms with E-state index in [0.29, 0.717) is 11.4 Å². The quantitative estimate of drug-likeness (QED) is 0.446. The average Bonchev–Trinajstić information content (AvgIpc) is 2.79. The van der Waals surface area contributed by atoms with Crippen LogP contribution in [-0.4, -0.2) is 16.9 Å². The summed E-state index contributed by atoms with van der Waals surface area (Å²) in [6.07, 6.45) is 1.88. The molecule has 0 atom stereocenters. The first-order valence-corrected chi connectivity index (χ1v) is 11.7. The lowest BCUT2D eigenvalue weighted by atomic mass is 10.1. The van der Waals surface area contributed by atoms with E-state index in [-0.39, 0.29) is 5.17 Å². The summed E-state index contributed by atoms with van der Waals surface area (Å²) in [5.41, 5.74) is 1.33. The summed E-state index contributed by atoms with van der Waals surface area (Å²) in [5.74, 6) is 2.93. The van der Waals surface area contributed by atoms with E-state index in [0.717, 1.165) is 21.5 Å². The Hall–Kier alpha value is -3.09. The SMILES string of the molecule is CC1=CC(=N[P+](c2ccccc2)(c2ccccc2)c2ccccc2)N=C(Cl)C1=C=N. The Balaban J connectivity index is 2.07. The minimum absolute atomic E-state index is 0.246. The molecule has 0 amide bonds. The van der Waals surface area contributed by atoms with Gasteiger partial charge in [-0.1, -0.05) is 71.0 Å². The summed E-state index contributed by atoms with van der Waals surface area (Å²) < 4.78 is 5.32. The van der Waals surface area contributed by atoms with Gasteiger partial charge in [0, 0.05) is 0 Å². The Morgan fingerprint density at radius 1 is 0.800 bits per heavy atom. The molecule has 1 aliphatic heterocycles. The molecule has 0 aromatic heterocycles. The molecular formula is C25H20ClN3P+. The molecule has 3 nitrogen and oxygen atoms in total. The molecule has 3 aromatic rings. The van der Waals surface area contributed by atoms with Gasteiger partial charge in [0.1, 0.15) is 21.1 Å². The molecule has 0 radical (unpaired) electrons. The van der Waals surface area contributed by atoms with Crippen LogP contribution < -0.4 is 15.9 Å². The maximum absolute atomic E-state index is 7.48. The predicted octanol–water partition coefficient (Wildman–Crippen LogP) is 5.07. The Morgan fingerprint density at radius 2 is 1.23 bits per heavy atom. The van der Waals surface area contributed by atoms with Crippen LogP contribution in [0.25, 0.3) is 0 Å². The maximum atomic E-state index is 7.48. The molecule has 3 aromatic carbocycles. The number of rotatable bonds is 4. The molecule has 1 N–H and O–H groups in total. The number of allylic oxidation sites excluding steroid dienone is 2. The minimum Gasteiger partial charge on any atom is -0.258 e. The van der Waals surface area contributed by atoms with Crippen LogP contribution in [0.1, 0.15) is 6.92 Å². The van der Waals surface area contributed by atoms with E-state index >= 15 is 0 Å². The Labute approximate surface area is 182 Å². The first kappa shape index (κ1) is 20.2. The largest absolute Gasteiger partial charge is 0.258 e. The van der Waals surface area contributed by atoms with Crippen molar-refractivity contribution in [2.24, 2.45) is 9.76 Å². The van der Waals surface area contributed by atoms with Gasteiger partial charge in [-0.3, -0.25) is 5.41 Å². The fraction of sp³-hybridized carbons (Fsp3) is 0.0400. The summed E-state index contributed by atoms with van der Waals surface area (Å²) in [4.78, 5) is 4.51. The molecule has 0 saturated heterocycles.